The molecular formula is C15H17NO. The first-order valence-electron chi connectivity index (χ1n) is 5.98. The maximum Gasteiger partial charge on any atom is 0.0805 e. The molecule has 0 amide bonds. The number of hydrogen-bond donors (Lipinski definition) is 1. The molecule has 2 aromatic rings. The highest BCUT2D eigenvalue weighted by atomic mass is 16.3. The Morgan fingerprint density at radius 3 is 2.59 bits per heavy atom. The number of benzene rings is 1. The van der Waals surface area contributed by atoms with Crippen molar-refractivity contribution in [1.82, 2.24) is 4.98 Å². The van der Waals surface area contributed by atoms with Gasteiger partial charge in [-0.2, -0.15) is 0 Å². The Labute approximate surface area is 102 Å². The van der Waals surface area contributed by atoms with Crippen LogP contribution in [0.2, 0.25) is 0 Å². The van der Waals surface area contributed by atoms with Gasteiger partial charge in [0.2, 0.25) is 0 Å². The molecule has 1 atom stereocenters. The van der Waals surface area contributed by atoms with Crippen molar-refractivity contribution in [3.8, 4) is 0 Å². The molecule has 1 aromatic carbocycles. The van der Waals surface area contributed by atoms with Crippen LogP contribution < -0.4 is 0 Å². The molecule has 0 aliphatic rings. The Morgan fingerprint density at radius 1 is 1.06 bits per heavy atom. The number of aliphatic hydroxyl groups excluding tert-OH is 1. The lowest BCUT2D eigenvalue weighted by Crippen LogP contribution is -1.98. The monoisotopic (exact) mass is 227 g/mol. The first-order valence-corrected chi connectivity index (χ1v) is 5.98. The molecule has 1 aromatic heterocycles. The number of rotatable bonds is 5. The van der Waals surface area contributed by atoms with Crippen LogP contribution in [-0.4, -0.2) is 10.1 Å². The van der Waals surface area contributed by atoms with Gasteiger partial charge >= 0.3 is 0 Å². The smallest absolute Gasteiger partial charge is 0.0805 e. The summed E-state index contributed by atoms with van der Waals surface area (Å²) < 4.78 is 0. The van der Waals surface area contributed by atoms with E-state index < -0.39 is 6.10 Å². The number of aliphatic hydroxyl groups is 1. The molecule has 0 aliphatic carbocycles. The van der Waals surface area contributed by atoms with E-state index in [0.29, 0.717) is 0 Å². The first kappa shape index (κ1) is 11.8. The first-order chi connectivity index (χ1) is 8.36. The fraction of sp³-hybridized carbons (Fsp3) is 0.267. The van der Waals surface area contributed by atoms with Gasteiger partial charge in [-0.15, -0.1) is 0 Å². The molecule has 0 radical (unpaired) electrons. The molecule has 0 saturated heterocycles. The van der Waals surface area contributed by atoms with E-state index in [2.05, 4.69) is 17.1 Å². The van der Waals surface area contributed by atoms with Gasteiger partial charge in [0.1, 0.15) is 0 Å². The van der Waals surface area contributed by atoms with Crippen LogP contribution in [0.4, 0.5) is 0 Å². The molecule has 0 saturated carbocycles. The van der Waals surface area contributed by atoms with Gasteiger partial charge < -0.3 is 5.11 Å². The second-order valence-electron chi connectivity index (χ2n) is 4.18. The maximum absolute atomic E-state index is 9.96. The minimum absolute atomic E-state index is 0.396. The lowest BCUT2D eigenvalue weighted by atomic mass is 10.0. The predicted molar refractivity (Wildman–Crippen MR) is 68.6 cm³/mol. The third-order valence-corrected chi connectivity index (χ3v) is 2.86. The second kappa shape index (κ2) is 6.16. The molecule has 2 rings (SSSR count). The van der Waals surface area contributed by atoms with Crippen LogP contribution in [0.3, 0.4) is 0 Å². The number of nitrogens with zero attached hydrogens (tertiary/aromatic N) is 1. The summed E-state index contributed by atoms with van der Waals surface area (Å²) in [4.78, 5) is 4.01. The molecule has 2 heteroatoms. The summed E-state index contributed by atoms with van der Waals surface area (Å²) in [6.45, 7) is 0. The Balaban J connectivity index is 1.79. The Kier molecular flexibility index (Phi) is 4.28. The molecule has 17 heavy (non-hydrogen) atoms. The molecule has 0 spiro atoms. The average molecular weight is 227 g/mol. The third kappa shape index (κ3) is 3.68. The van der Waals surface area contributed by atoms with Crippen LogP contribution in [0.25, 0.3) is 0 Å². The van der Waals surface area contributed by atoms with Gasteiger partial charge in [0.05, 0.1) is 6.10 Å². The van der Waals surface area contributed by atoms with Gasteiger partial charge in [-0.1, -0.05) is 36.4 Å². The Morgan fingerprint density at radius 2 is 1.88 bits per heavy atom. The van der Waals surface area contributed by atoms with Crippen molar-refractivity contribution in [2.45, 2.75) is 25.4 Å². The minimum Gasteiger partial charge on any atom is -0.388 e. The van der Waals surface area contributed by atoms with Crippen LogP contribution in [0.15, 0.2) is 54.9 Å². The van der Waals surface area contributed by atoms with Gasteiger partial charge in [-0.05, 0) is 36.5 Å². The van der Waals surface area contributed by atoms with E-state index in [0.717, 1.165) is 24.8 Å². The zero-order valence-electron chi connectivity index (χ0n) is 9.79. The molecule has 88 valence electrons. The highest BCUT2D eigenvalue weighted by molar-refractivity contribution is 5.15. The molecule has 1 heterocycles. The van der Waals surface area contributed by atoms with E-state index in [4.69, 9.17) is 0 Å². The quantitative estimate of drug-likeness (QED) is 0.851. The fourth-order valence-corrected chi connectivity index (χ4v) is 1.88. The molecule has 2 nitrogen and oxygen atoms in total. The van der Waals surface area contributed by atoms with E-state index in [9.17, 15) is 5.11 Å². The molecule has 0 bridgehead atoms. The Bertz CT molecular complexity index is 427. The number of aromatic nitrogens is 1. The summed E-state index contributed by atoms with van der Waals surface area (Å²) in [5, 5.41) is 9.96. The third-order valence-electron chi connectivity index (χ3n) is 2.86. The number of aryl methyl sites for hydroxylation is 1. The van der Waals surface area contributed by atoms with E-state index in [-0.39, 0.29) is 0 Å². The molecule has 0 fully saturated rings. The van der Waals surface area contributed by atoms with Crippen LogP contribution >= 0.6 is 0 Å². The van der Waals surface area contributed by atoms with Crippen molar-refractivity contribution >= 4 is 0 Å². The molecule has 1 N–H and O–H groups in total. The van der Waals surface area contributed by atoms with Crippen molar-refractivity contribution in [3.05, 3.63) is 66.0 Å². The van der Waals surface area contributed by atoms with E-state index in [1.165, 1.54) is 5.56 Å². The standard InChI is InChI=1S/C15H17NO/c17-15(14-9-5-11-16-12-14)10-4-8-13-6-2-1-3-7-13/h1-3,5-7,9,11-12,15,17H,4,8,10H2. The lowest BCUT2D eigenvalue weighted by Gasteiger charge is -2.10. The van der Waals surface area contributed by atoms with Crippen LogP contribution in [0.5, 0.6) is 0 Å². The SMILES string of the molecule is OC(CCCc1ccccc1)c1cccnc1. The van der Waals surface area contributed by atoms with Gasteiger partial charge in [-0.3, -0.25) is 4.98 Å². The molecular weight excluding hydrogens is 210 g/mol. The largest absolute Gasteiger partial charge is 0.388 e. The topological polar surface area (TPSA) is 33.1 Å². The normalized spacial score (nSPS) is 12.3. The zero-order valence-corrected chi connectivity index (χ0v) is 9.79. The molecule has 0 aliphatic heterocycles. The fourth-order valence-electron chi connectivity index (χ4n) is 1.88. The number of hydrogen-bond acceptors (Lipinski definition) is 2. The zero-order chi connectivity index (χ0) is 11.9. The average Bonchev–Trinajstić information content (AvgIpc) is 2.41. The van der Waals surface area contributed by atoms with Crippen molar-refractivity contribution in [2.75, 3.05) is 0 Å². The van der Waals surface area contributed by atoms with E-state index in [1.807, 2.05) is 30.3 Å². The van der Waals surface area contributed by atoms with Crippen molar-refractivity contribution < 1.29 is 5.11 Å². The second-order valence-corrected chi connectivity index (χ2v) is 4.18. The van der Waals surface area contributed by atoms with Gasteiger partial charge in [0.25, 0.3) is 0 Å². The summed E-state index contributed by atoms with van der Waals surface area (Å²) in [6, 6.07) is 14.1. The van der Waals surface area contributed by atoms with Crippen LogP contribution in [0, 0.1) is 0 Å². The summed E-state index contributed by atoms with van der Waals surface area (Å²) in [7, 11) is 0. The van der Waals surface area contributed by atoms with Gasteiger partial charge in [0, 0.05) is 12.4 Å². The number of pyridine rings is 1. The van der Waals surface area contributed by atoms with E-state index >= 15 is 0 Å². The van der Waals surface area contributed by atoms with Crippen molar-refractivity contribution in [3.63, 3.8) is 0 Å². The van der Waals surface area contributed by atoms with Crippen molar-refractivity contribution in [2.24, 2.45) is 0 Å². The van der Waals surface area contributed by atoms with Crippen molar-refractivity contribution in [1.29, 1.82) is 0 Å². The summed E-state index contributed by atoms with van der Waals surface area (Å²) in [5.41, 5.74) is 2.23. The Hall–Kier alpha value is -1.67. The lowest BCUT2D eigenvalue weighted by molar-refractivity contribution is 0.164. The van der Waals surface area contributed by atoms with Crippen LogP contribution in [0.1, 0.15) is 30.1 Å². The highest BCUT2D eigenvalue weighted by Gasteiger charge is 2.06. The summed E-state index contributed by atoms with van der Waals surface area (Å²) in [5.74, 6) is 0. The summed E-state index contributed by atoms with van der Waals surface area (Å²) in [6.07, 6.45) is 5.83. The van der Waals surface area contributed by atoms with Gasteiger partial charge in [-0.25, -0.2) is 0 Å². The maximum atomic E-state index is 9.96. The predicted octanol–water partition coefficient (Wildman–Crippen LogP) is 3.14. The van der Waals surface area contributed by atoms with E-state index in [1.54, 1.807) is 12.4 Å². The van der Waals surface area contributed by atoms with Crippen LogP contribution in [-0.2, 0) is 6.42 Å². The molecule has 1 unspecified atom stereocenters. The summed E-state index contributed by atoms with van der Waals surface area (Å²) >= 11 is 0. The highest BCUT2D eigenvalue weighted by Crippen LogP contribution is 2.18. The minimum atomic E-state index is -0.396. The van der Waals surface area contributed by atoms with Gasteiger partial charge in [0.15, 0.2) is 0 Å².